The van der Waals surface area contributed by atoms with Crippen molar-refractivity contribution in [2.24, 2.45) is 0 Å². The number of carbonyl (C=O) groups is 1. The van der Waals surface area contributed by atoms with E-state index < -0.39 is 0 Å². The largest absolute Gasteiger partial charge is 0.322 e. The quantitative estimate of drug-likeness (QED) is 0.770. The lowest BCUT2D eigenvalue weighted by atomic mass is 10.1. The highest BCUT2D eigenvalue weighted by Crippen LogP contribution is 2.14. The Morgan fingerprint density at radius 1 is 1.05 bits per heavy atom. The minimum Gasteiger partial charge on any atom is -0.322 e. The maximum atomic E-state index is 11.9. The van der Waals surface area contributed by atoms with Crippen LogP contribution < -0.4 is 5.32 Å². The van der Waals surface area contributed by atoms with Gasteiger partial charge in [-0.2, -0.15) is 5.10 Å². The number of rotatable bonds is 4. The number of nitrogens with zero attached hydrogens (tertiary/aromatic N) is 2. The van der Waals surface area contributed by atoms with Gasteiger partial charge in [-0.1, -0.05) is 12.1 Å². The molecular weight excluding hydrogens is 264 g/mol. The van der Waals surface area contributed by atoms with Gasteiger partial charge in [0, 0.05) is 24.3 Å². The molecule has 0 unspecified atom stereocenters. The van der Waals surface area contributed by atoms with Gasteiger partial charge in [-0.05, 0) is 41.8 Å². The number of H-pyrrole nitrogens is 1. The number of pyridine rings is 1. The van der Waals surface area contributed by atoms with Crippen LogP contribution in [-0.4, -0.2) is 21.1 Å². The van der Waals surface area contributed by atoms with Crippen LogP contribution in [0.15, 0.2) is 61.2 Å². The van der Waals surface area contributed by atoms with Crippen LogP contribution in [0.25, 0.3) is 0 Å². The van der Waals surface area contributed by atoms with Crippen molar-refractivity contribution in [1.29, 1.82) is 0 Å². The molecule has 21 heavy (non-hydrogen) atoms. The lowest BCUT2D eigenvalue weighted by Crippen LogP contribution is -2.10. The smallest absolute Gasteiger partial charge is 0.258 e. The number of anilines is 1. The molecule has 2 N–H and O–H groups in total. The minimum atomic E-state index is -0.175. The van der Waals surface area contributed by atoms with E-state index in [2.05, 4.69) is 20.5 Å². The molecule has 5 heteroatoms. The van der Waals surface area contributed by atoms with Crippen LogP contribution in [-0.2, 0) is 6.42 Å². The first-order chi connectivity index (χ1) is 10.3. The van der Waals surface area contributed by atoms with Gasteiger partial charge in [0.1, 0.15) is 0 Å². The van der Waals surface area contributed by atoms with Gasteiger partial charge in [0.25, 0.3) is 5.91 Å². The monoisotopic (exact) mass is 278 g/mol. The number of amides is 1. The Labute approximate surface area is 122 Å². The number of carbonyl (C=O) groups excluding carboxylic acids is 1. The van der Waals surface area contributed by atoms with Crippen LogP contribution >= 0.6 is 0 Å². The summed E-state index contributed by atoms with van der Waals surface area (Å²) in [5.74, 6) is -0.175. The Hall–Kier alpha value is -2.95. The predicted molar refractivity (Wildman–Crippen MR) is 80.0 cm³/mol. The fourth-order valence-corrected chi connectivity index (χ4v) is 2.02. The van der Waals surface area contributed by atoms with Gasteiger partial charge in [-0.15, -0.1) is 0 Å². The van der Waals surface area contributed by atoms with Crippen molar-refractivity contribution < 1.29 is 4.79 Å². The van der Waals surface area contributed by atoms with Crippen molar-refractivity contribution in [2.75, 3.05) is 5.32 Å². The SMILES string of the molecule is O=C(Nc1ccc(Cc2ccncc2)cc1)c1cn[nH]c1. The molecule has 1 amide bonds. The summed E-state index contributed by atoms with van der Waals surface area (Å²) in [7, 11) is 0. The van der Waals surface area contributed by atoms with E-state index >= 15 is 0 Å². The van der Waals surface area contributed by atoms with E-state index in [0.29, 0.717) is 5.56 Å². The number of benzene rings is 1. The van der Waals surface area contributed by atoms with E-state index in [9.17, 15) is 4.79 Å². The predicted octanol–water partition coefficient (Wildman–Crippen LogP) is 2.65. The first kappa shape index (κ1) is 13.1. The van der Waals surface area contributed by atoms with Gasteiger partial charge in [0.15, 0.2) is 0 Å². The fourth-order valence-electron chi connectivity index (χ4n) is 2.02. The zero-order valence-corrected chi connectivity index (χ0v) is 11.3. The zero-order valence-electron chi connectivity index (χ0n) is 11.3. The maximum absolute atomic E-state index is 11.9. The number of hydrogen-bond donors (Lipinski definition) is 2. The average Bonchev–Trinajstić information content (AvgIpc) is 3.05. The molecule has 5 nitrogen and oxygen atoms in total. The van der Waals surface area contributed by atoms with E-state index in [0.717, 1.165) is 12.1 Å². The molecular formula is C16H14N4O. The molecule has 3 aromatic rings. The van der Waals surface area contributed by atoms with Gasteiger partial charge >= 0.3 is 0 Å². The molecule has 0 saturated heterocycles. The number of aromatic amines is 1. The first-order valence-corrected chi connectivity index (χ1v) is 6.59. The second kappa shape index (κ2) is 6.00. The summed E-state index contributed by atoms with van der Waals surface area (Å²) < 4.78 is 0. The topological polar surface area (TPSA) is 70.7 Å². The molecule has 2 heterocycles. The Morgan fingerprint density at radius 2 is 1.76 bits per heavy atom. The number of hydrogen-bond acceptors (Lipinski definition) is 3. The molecule has 1 aromatic carbocycles. The van der Waals surface area contributed by atoms with Crippen molar-refractivity contribution in [2.45, 2.75) is 6.42 Å². The third kappa shape index (κ3) is 3.33. The zero-order chi connectivity index (χ0) is 14.5. The van der Waals surface area contributed by atoms with Crippen LogP contribution in [0.2, 0.25) is 0 Å². The molecule has 0 bridgehead atoms. The Bertz CT molecular complexity index is 706. The van der Waals surface area contributed by atoms with Crippen molar-refractivity contribution in [3.05, 3.63) is 77.9 Å². The van der Waals surface area contributed by atoms with Crippen molar-refractivity contribution >= 4 is 11.6 Å². The highest BCUT2D eigenvalue weighted by Gasteiger charge is 2.06. The van der Waals surface area contributed by atoms with Crippen molar-refractivity contribution in [1.82, 2.24) is 15.2 Å². The molecule has 0 atom stereocenters. The van der Waals surface area contributed by atoms with Crippen LogP contribution in [0.3, 0.4) is 0 Å². The van der Waals surface area contributed by atoms with Gasteiger partial charge in [0.2, 0.25) is 0 Å². The fraction of sp³-hybridized carbons (Fsp3) is 0.0625. The Balaban J connectivity index is 1.65. The van der Waals surface area contributed by atoms with Gasteiger partial charge in [-0.3, -0.25) is 14.9 Å². The molecule has 2 aromatic heterocycles. The molecule has 104 valence electrons. The second-order valence-corrected chi connectivity index (χ2v) is 4.67. The summed E-state index contributed by atoms with van der Waals surface area (Å²) in [6.45, 7) is 0. The third-order valence-electron chi connectivity index (χ3n) is 3.13. The van der Waals surface area contributed by atoms with E-state index in [4.69, 9.17) is 0 Å². The summed E-state index contributed by atoms with van der Waals surface area (Å²) in [4.78, 5) is 15.9. The van der Waals surface area contributed by atoms with E-state index in [-0.39, 0.29) is 5.91 Å². The van der Waals surface area contributed by atoms with E-state index in [1.807, 2.05) is 36.4 Å². The minimum absolute atomic E-state index is 0.175. The molecule has 0 saturated carbocycles. The molecule has 0 aliphatic heterocycles. The van der Waals surface area contributed by atoms with Crippen molar-refractivity contribution in [3.8, 4) is 0 Å². The van der Waals surface area contributed by atoms with Crippen LogP contribution in [0.1, 0.15) is 21.5 Å². The molecule has 3 rings (SSSR count). The van der Waals surface area contributed by atoms with Crippen LogP contribution in [0.4, 0.5) is 5.69 Å². The van der Waals surface area contributed by atoms with E-state index in [1.54, 1.807) is 18.6 Å². The molecule has 0 aliphatic carbocycles. The van der Waals surface area contributed by atoms with Crippen LogP contribution in [0, 0.1) is 0 Å². The normalized spacial score (nSPS) is 10.3. The third-order valence-corrected chi connectivity index (χ3v) is 3.13. The summed E-state index contributed by atoms with van der Waals surface area (Å²) in [5, 5.41) is 9.20. The molecule has 0 aliphatic rings. The summed E-state index contributed by atoms with van der Waals surface area (Å²) >= 11 is 0. The standard InChI is InChI=1S/C16H14N4O/c21-16(14-10-18-19-11-14)20-15-3-1-12(2-4-15)9-13-5-7-17-8-6-13/h1-8,10-11H,9H2,(H,18,19)(H,20,21). The molecule has 0 radical (unpaired) electrons. The van der Waals surface area contributed by atoms with Gasteiger partial charge < -0.3 is 5.32 Å². The summed E-state index contributed by atoms with van der Waals surface area (Å²) in [6.07, 6.45) is 7.47. The second-order valence-electron chi connectivity index (χ2n) is 4.67. The Morgan fingerprint density at radius 3 is 2.43 bits per heavy atom. The van der Waals surface area contributed by atoms with E-state index in [1.165, 1.54) is 17.3 Å². The number of aromatic nitrogens is 3. The molecule has 0 spiro atoms. The van der Waals surface area contributed by atoms with Crippen LogP contribution in [0.5, 0.6) is 0 Å². The van der Waals surface area contributed by atoms with Gasteiger partial charge in [0.05, 0.1) is 11.8 Å². The maximum Gasteiger partial charge on any atom is 0.258 e. The highest BCUT2D eigenvalue weighted by molar-refractivity contribution is 6.03. The lowest BCUT2D eigenvalue weighted by Gasteiger charge is -2.06. The average molecular weight is 278 g/mol. The first-order valence-electron chi connectivity index (χ1n) is 6.59. The molecule has 0 fully saturated rings. The van der Waals surface area contributed by atoms with Crippen molar-refractivity contribution in [3.63, 3.8) is 0 Å². The number of nitrogens with one attached hydrogen (secondary N) is 2. The Kier molecular flexibility index (Phi) is 3.73. The summed E-state index contributed by atoms with van der Waals surface area (Å²) in [5.41, 5.74) is 3.67. The lowest BCUT2D eigenvalue weighted by molar-refractivity contribution is 0.102. The highest BCUT2D eigenvalue weighted by atomic mass is 16.1. The summed E-state index contributed by atoms with van der Waals surface area (Å²) in [6, 6.07) is 11.8. The van der Waals surface area contributed by atoms with Gasteiger partial charge in [-0.25, -0.2) is 0 Å².